The Bertz CT molecular complexity index is 584. The van der Waals surface area contributed by atoms with Gasteiger partial charge in [-0.15, -0.1) is 0 Å². The third kappa shape index (κ3) is 4.13. The Morgan fingerprint density at radius 3 is 2.83 bits per heavy atom. The van der Waals surface area contributed by atoms with Crippen LogP contribution < -0.4 is 4.72 Å². The number of nitrogens with zero attached hydrogens (tertiary/aromatic N) is 2. The van der Waals surface area contributed by atoms with Crippen LogP contribution in [0.3, 0.4) is 0 Å². The molecule has 2 saturated heterocycles. The van der Waals surface area contributed by atoms with Gasteiger partial charge in [0.1, 0.15) is 5.76 Å². The Balaban J connectivity index is 1.61. The highest BCUT2D eigenvalue weighted by Crippen LogP contribution is 2.33. The molecule has 0 aromatic carbocycles. The van der Waals surface area contributed by atoms with Crippen LogP contribution >= 0.6 is 0 Å². The number of morpholine rings is 1. The summed E-state index contributed by atoms with van der Waals surface area (Å²) in [5, 5.41) is 0. The smallest absolute Gasteiger partial charge is 0.280 e. The van der Waals surface area contributed by atoms with E-state index >= 15 is 0 Å². The first-order valence-corrected chi connectivity index (χ1v) is 9.63. The van der Waals surface area contributed by atoms with E-state index in [1.54, 1.807) is 12.3 Å². The zero-order chi connectivity index (χ0) is 16.3. The van der Waals surface area contributed by atoms with E-state index in [-0.39, 0.29) is 12.1 Å². The van der Waals surface area contributed by atoms with Crippen LogP contribution in [0.15, 0.2) is 22.8 Å². The Morgan fingerprint density at radius 1 is 1.35 bits per heavy atom. The first-order valence-electron chi connectivity index (χ1n) is 8.19. The highest BCUT2D eigenvalue weighted by Gasteiger charge is 2.37. The lowest BCUT2D eigenvalue weighted by molar-refractivity contribution is 0.0353. The molecule has 0 unspecified atom stereocenters. The lowest BCUT2D eigenvalue weighted by atomic mass is 10.2. The second kappa shape index (κ2) is 7.31. The summed E-state index contributed by atoms with van der Waals surface area (Å²) in [6.45, 7) is 6.27. The summed E-state index contributed by atoms with van der Waals surface area (Å²) in [5.41, 5.74) is 0. The largest absolute Gasteiger partial charge is 0.468 e. The van der Waals surface area contributed by atoms with Gasteiger partial charge in [0.25, 0.3) is 10.2 Å². The van der Waals surface area contributed by atoms with E-state index in [2.05, 4.69) is 9.62 Å². The molecule has 0 aliphatic carbocycles. The highest BCUT2D eigenvalue weighted by molar-refractivity contribution is 7.87. The molecule has 0 saturated carbocycles. The van der Waals surface area contributed by atoms with Crippen LogP contribution in [0.5, 0.6) is 0 Å². The molecule has 1 aromatic heterocycles. The average molecular weight is 343 g/mol. The molecule has 3 rings (SSSR count). The Morgan fingerprint density at radius 2 is 2.13 bits per heavy atom. The van der Waals surface area contributed by atoms with Gasteiger partial charge in [0.05, 0.1) is 25.5 Å². The molecule has 2 aliphatic rings. The van der Waals surface area contributed by atoms with Crippen LogP contribution in [0.1, 0.15) is 31.6 Å². The van der Waals surface area contributed by atoms with Gasteiger partial charge < -0.3 is 9.15 Å². The molecule has 2 fully saturated rings. The summed E-state index contributed by atoms with van der Waals surface area (Å²) in [7, 11) is -3.52. The van der Waals surface area contributed by atoms with Gasteiger partial charge in [-0.1, -0.05) is 0 Å². The van der Waals surface area contributed by atoms with Gasteiger partial charge in [0.15, 0.2) is 0 Å². The fraction of sp³-hybridized carbons (Fsp3) is 0.733. The predicted molar refractivity (Wildman–Crippen MR) is 86.2 cm³/mol. The maximum Gasteiger partial charge on any atom is 0.280 e. The van der Waals surface area contributed by atoms with Crippen molar-refractivity contribution < 1.29 is 17.6 Å². The zero-order valence-electron chi connectivity index (χ0n) is 13.5. The molecule has 2 aliphatic heterocycles. The highest BCUT2D eigenvalue weighted by atomic mass is 32.2. The maximum atomic E-state index is 12.7. The normalized spacial score (nSPS) is 25.7. The van der Waals surface area contributed by atoms with E-state index in [1.807, 2.05) is 13.0 Å². The summed E-state index contributed by atoms with van der Waals surface area (Å²) in [4.78, 5) is 2.23. The first kappa shape index (κ1) is 16.9. The van der Waals surface area contributed by atoms with Crippen molar-refractivity contribution in [1.82, 2.24) is 13.9 Å². The fourth-order valence-electron chi connectivity index (χ4n) is 3.32. The van der Waals surface area contributed by atoms with Crippen molar-refractivity contribution in [2.45, 2.75) is 31.8 Å². The van der Waals surface area contributed by atoms with Gasteiger partial charge in [-0.2, -0.15) is 17.4 Å². The van der Waals surface area contributed by atoms with Gasteiger partial charge in [-0.25, -0.2) is 0 Å². The monoisotopic (exact) mass is 343 g/mol. The van der Waals surface area contributed by atoms with Crippen molar-refractivity contribution in [2.75, 3.05) is 39.4 Å². The van der Waals surface area contributed by atoms with Gasteiger partial charge in [-0.05, 0) is 31.9 Å². The van der Waals surface area contributed by atoms with Crippen molar-refractivity contribution in [2.24, 2.45) is 0 Å². The third-order valence-electron chi connectivity index (χ3n) is 4.37. The SMILES string of the molecule is C[C@@H](CN1CCOCC1)NS(=O)(=O)N1CCC[C@H]1c1ccco1. The summed E-state index contributed by atoms with van der Waals surface area (Å²) >= 11 is 0. The minimum atomic E-state index is -3.52. The first-order chi connectivity index (χ1) is 11.1. The molecule has 7 nitrogen and oxygen atoms in total. The molecule has 0 spiro atoms. The molecule has 3 heterocycles. The second-order valence-electron chi connectivity index (χ2n) is 6.22. The van der Waals surface area contributed by atoms with Crippen molar-refractivity contribution in [3.05, 3.63) is 24.2 Å². The van der Waals surface area contributed by atoms with Crippen molar-refractivity contribution in [3.8, 4) is 0 Å². The van der Waals surface area contributed by atoms with E-state index < -0.39 is 10.2 Å². The van der Waals surface area contributed by atoms with Crippen LogP contribution in [-0.4, -0.2) is 63.1 Å². The van der Waals surface area contributed by atoms with E-state index in [0.717, 1.165) is 25.9 Å². The number of hydrogen-bond donors (Lipinski definition) is 1. The number of rotatable bonds is 6. The quantitative estimate of drug-likeness (QED) is 0.833. The van der Waals surface area contributed by atoms with Crippen LogP contribution in [0.2, 0.25) is 0 Å². The zero-order valence-corrected chi connectivity index (χ0v) is 14.3. The minimum absolute atomic E-state index is 0.143. The molecule has 130 valence electrons. The Labute approximate surface area is 137 Å². The number of nitrogens with one attached hydrogen (secondary N) is 1. The van der Waals surface area contributed by atoms with Crippen molar-refractivity contribution in [1.29, 1.82) is 0 Å². The number of ether oxygens (including phenoxy) is 1. The molecule has 23 heavy (non-hydrogen) atoms. The molecule has 1 aromatic rings. The molecule has 0 amide bonds. The summed E-state index contributed by atoms with van der Waals surface area (Å²) in [5.74, 6) is 0.716. The lowest BCUT2D eigenvalue weighted by Crippen LogP contribution is -2.49. The maximum absolute atomic E-state index is 12.7. The van der Waals surface area contributed by atoms with E-state index in [4.69, 9.17) is 9.15 Å². The van der Waals surface area contributed by atoms with Gasteiger partial charge >= 0.3 is 0 Å². The summed E-state index contributed by atoms with van der Waals surface area (Å²) in [6.07, 6.45) is 3.24. The van der Waals surface area contributed by atoms with Gasteiger partial charge in [-0.3, -0.25) is 4.90 Å². The summed E-state index contributed by atoms with van der Waals surface area (Å²) in [6, 6.07) is 3.30. The van der Waals surface area contributed by atoms with Gasteiger partial charge in [0, 0.05) is 32.2 Å². The molecule has 8 heteroatoms. The lowest BCUT2D eigenvalue weighted by Gasteiger charge is -2.30. The van der Waals surface area contributed by atoms with E-state index in [0.29, 0.717) is 32.1 Å². The minimum Gasteiger partial charge on any atom is -0.468 e. The molecular weight excluding hydrogens is 318 g/mol. The second-order valence-corrected chi connectivity index (χ2v) is 7.88. The van der Waals surface area contributed by atoms with Crippen molar-refractivity contribution >= 4 is 10.2 Å². The standard InChI is InChI=1S/C15H25N3O4S/c1-13(12-17-7-10-21-11-8-17)16-23(19,20)18-6-2-4-14(18)15-5-3-9-22-15/h3,5,9,13-14,16H,2,4,6-8,10-12H2,1H3/t13-,14-/m0/s1. The van der Waals surface area contributed by atoms with Crippen molar-refractivity contribution in [3.63, 3.8) is 0 Å². The number of furan rings is 1. The Kier molecular flexibility index (Phi) is 5.38. The van der Waals surface area contributed by atoms with Gasteiger partial charge in [0.2, 0.25) is 0 Å². The molecule has 1 N–H and O–H groups in total. The van der Waals surface area contributed by atoms with Crippen LogP contribution in [0, 0.1) is 0 Å². The fourth-order valence-corrected chi connectivity index (χ4v) is 4.96. The molecule has 0 radical (unpaired) electrons. The van der Waals surface area contributed by atoms with E-state index in [1.165, 1.54) is 4.31 Å². The van der Waals surface area contributed by atoms with Crippen LogP contribution in [-0.2, 0) is 14.9 Å². The molecule has 2 atom stereocenters. The molecule has 0 bridgehead atoms. The Hall–Kier alpha value is -0.930. The molecular formula is C15H25N3O4S. The third-order valence-corrected chi connectivity index (χ3v) is 6.12. The van der Waals surface area contributed by atoms with Crippen LogP contribution in [0.4, 0.5) is 0 Å². The summed E-state index contributed by atoms with van der Waals surface area (Å²) < 4.78 is 40.5. The van der Waals surface area contributed by atoms with Crippen LogP contribution in [0.25, 0.3) is 0 Å². The average Bonchev–Trinajstić information content (AvgIpc) is 3.19. The van der Waals surface area contributed by atoms with E-state index in [9.17, 15) is 8.42 Å². The predicted octanol–water partition coefficient (Wildman–Crippen LogP) is 0.972. The number of hydrogen-bond acceptors (Lipinski definition) is 5. The topological polar surface area (TPSA) is 75.0 Å².